The van der Waals surface area contributed by atoms with E-state index in [2.05, 4.69) is 5.32 Å². The molecule has 0 fully saturated rings. The van der Waals surface area contributed by atoms with Crippen molar-refractivity contribution in [3.8, 4) is 0 Å². The van der Waals surface area contributed by atoms with Gasteiger partial charge in [0, 0.05) is 25.3 Å². The van der Waals surface area contributed by atoms with Crippen molar-refractivity contribution in [3.63, 3.8) is 0 Å². The molecule has 2 rings (SSSR count). The van der Waals surface area contributed by atoms with Gasteiger partial charge in [-0.3, -0.25) is 9.59 Å². The maximum Gasteiger partial charge on any atom is 0.305 e. The summed E-state index contributed by atoms with van der Waals surface area (Å²) in [7, 11) is 0. The van der Waals surface area contributed by atoms with E-state index in [0.717, 1.165) is 11.1 Å². The largest absolute Gasteiger partial charge is 0.466 e. The molecule has 2 aromatic carbocycles. The Morgan fingerprint density at radius 2 is 1.52 bits per heavy atom. The van der Waals surface area contributed by atoms with Crippen LogP contribution in [0, 0.1) is 0 Å². The van der Waals surface area contributed by atoms with Crippen molar-refractivity contribution in [2.45, 2.75) is 32.1 Å². The van der Waals surface area contributed by atoms with Gasteiger partial charge < -0.3 is 10.1 Å². The lowest BCUT2D eigenvalue weighted by molar-refractivity contribution is -0.143. The van der Waals surface area contributed by atoms with E-state index in [1.54, 1.807) is 6.92 Å². The number of ether oxygens (including phenoxy) is 1. The molecule has 1 amide bonds. The predicted octanol–water partition coefficient (Wildman–Crippen LogP) is 3.67. The first-order valence-corrected chi connectivity index (χ1v) is 8.73. The molecule has 0 bridgehead atoms. The zero-order valence-electron chi connectivity index (χ0n) is 14.6. The first-order chi connectivity index (χ1) is 12.2. The van der Waals surface area contributed by atoms with Crippen LogP contribution in [-0.4, -0.2) is 25.0 Å². The van der Waals surface area contributed by atoms with Gasteiger partial charge in [-0.2, -0.15) is 0 Å². The third-order valence-electron chi connectivity index (χ3n) is 3.98. The highest BCUT2D eigenvalue weighted by Crippen LogP contribution is 2.27. The van der Waals surface area contributed by atoms with E-state index in [0.29, 0.717) is 32.4 Å². The van der Waals surface area contributed by atoms with Crippen molar-refractivity contribution in [1.29, 1.82) is 0 Å². The van der Waals surface area contributed by atoms with Gasteiger partial charge in [0.05, 0.1) is 6.61 Å². The highest BCUT2D eigenvalue weighted by atomic mass is 16.5. The van der Waals surface area contributed by atoms with Crippen LogP contribution in [0.5, 0.6) is 0 Å². The molecule has 2 aromatic rings. The predicted molar refractivity (Wildman–Crippen MR) is 98.2 cm³/mol. The van der Waals surface area contributed by atoms with E-state index in [9.17, 15) is 9.59 Å². The standard InChI is InChI=1S/C21H25NO3/c1-2-25-21(24)14-9-15-22-20(23)16-19(17-10-5-3-6-11-17)18-12-7-4-8-13-18/h3-8,10-13,19H,2,9,14-16H2,1H3,(H,22,23). The highest BCUT2D eigenvalue weighted by Gasteiger charge is 2.17. The van der Waals surface area contributed by atoms with Gasteiger partial charge in [-0.25, -0.2) is 0 Å². The summed E-state index contributed by atoms with van der Waals surface area (Å²) in [5.74, 6) is -0.211. The molecule has 0 aliphatic heterocycles. The number of rotatable bonds is 9. The molecule has 1 N–H and O–H groups in total. The average molecular weight is 339 g/mol. The summed E-state index contributed by atoms with van der Waals surface area (Å²) < 4.78 is 4.88. The van der Waals surface area contributed by atoms with Gasteiger partial charge in [-0.05, 0) is 24.5 Å². The maximum absolute atomic E-state index is 12.3. The van der Waals surface area contributed by atoms with Gasteiger partial charge in [0.25, 0.3) is 0 Å². The van der Waals surface area contributed by atoms with Crippen LogP contribution in [-0.2, 0) is 14.3 Å². The van der Waals surface area contributed by atoms with Crippen LogP contribution >= 0.6 is 0 Å². The minimum Gasteiger partial charge on any atom is -0.466 e. The zero-order chi connectivity index (χ0) is 17.9. The third-order valence-corrected chi connectivity index (χ3v) is 3.98. The molecule has 0 saturated heterocycles. The molecule has 4 nitrogen and oxygen atoms in total. The fraction of sp³-hybridized carbons (Fsp3) is 0.333. The molecule has 0 aliphatic rings. The van der Waals surface area contributed by atoms with E-state index in [1.807, 2.05) is 60.7 Å². The minimum atomic E-state index is -0.219. The van der Waals surface area contributed by atoms with E-state index in [1.165, 1.54) is 0 Å². The number of benzene rings is 2. The zero-order valence-corrected chi connectivity index (χ0v) is 14.6. The third kappa shape index (κ3) is 6.42. The molecule has 0 aliphatic carbocycles. The molecule has 4 heteroatoms. The molecule has 0 spiro atoms. The molecule has 132 valence electrons. The molecular formula is C21H25NO3. The number of esters is 1. The second-order valence-corrected chi connectivity index (χ2v) is 5.84. The summed E-state index contributed by atoms with van der Waals surface area (Å²) in [5.41, 5.74) is 2.24. The van der Waals surface area contributed by atoms with Crippen molar-refractivity contribution in [1.82, 2.24) is 5.32 Å². The van der Waals surface area contributed by atoms with Gasteiger partial charge in [-0.15, -0.1) is 0 Å². The van der Waals surface area contributed by atoms with Gasteiger partial charge in [-0.1, -0.05) is 60.7 Å². The van der Waals surface area contributed by atoms with Gasteiger partial charge in [0.1, 0.15) is 0 Å². The van der Waals surface area contributed by atoms with Crippen LogP contribution in [0.25, 0.3) is 0 Å². The Kier molecular flexibility index (Phi) is 7.70. The SMILES string of the molecule is CCOC(=O)CCCNC(=O)CC(c1ccccc1)c1ccccc1. The summed E-state index contributed by atoms with van der Waals surface area (Å²) >= 11 is 0. The monoisotopic (exact) mass is 339 g/mol. The number of hydrogen-bond donors (Lipinski definition) is 1. The first kappa shape index (κ1) is 18.7. The van der Waals surface area contributed by atoms with E-state index in [4.69, 9.17) is 4.74 Å². The van der Waals surface area contributed by atoms with E-state index < -0.39 is 0 Å². The van der Waals surface area contributed by atoms with Crippen LogP contribution in [0.1, 0.15) is 43.2 Å². The normalized spacial score (nSPS) is 10.5. The molecule has 25 heavy (non-hydrogen) atoms. The summed E-state index contributed by atoms with van der Waals surface area (Å²) in [6, 6.07) is 20.1. The summed E-state index contributed by atoms with van der Waals surface area (Å²) in [6.45, 7) is 2.65. The van der Waals surface area contributed by atoms with Crippen molar-refractivity contribution in [2.75, 3.05) is 13.2 Å². The van der Waals surface area contributed by atoms with Gasteiger partial charge >= 0.3 is 5.97 Å². The maximum atomic E-state index is 12.3. The van der Waals surface area contributed by atoms with E-state index in [-0.39, 0.29) is 17.8 Å². The second kappa shape index (κ2) is 10.3. The fourth-order valence-corrected chi connectivity index (χ4v) is 2.75. The lowest BCUT2D eigenvalue weighted by Gasteiger charge is -2.18. The van der Waals surface area contributed by atoms with Gasteiger partial charge in [0.2, 0.25) is 5.91 Å². The highest BCUT2D eigenvalue weighted by molar-refractivity contribution is 5.77. The fourth-order valence-electron chi connectivity index (χ4n) is 2.75. The minimum absolute atomic E-state index is 0.0124. The van der Waals surface area contributed by atoms with Crippen LogP contribution < -0.4 is 5.32 Å². The molecule has 0 saturated carbocycles. The molecule has 0 heterocycles. The van der Waals surface area contributed by atoms with Crippen LogP contribution in [0.3, 0.4) is 0 Å². The quantitative estimate of drug-likeness (QED) is 0.560. The Labute approximate surface area is 149 Å². The van der Waals surface area contributed by atoms with Crippen molar-refractivity contribution >= 4 is 11.9 Å². The molecular weight excluding hydrogens is 314 g/mol. The Hall–Kier alpha value is -2.62. The molecule has 0 atom stereocenters. The number of hydrogen-bond acceptors (Lipinski definition) is 3. The van der Waals surface area contributed by atoms with E-state index >= 15 is 0 Å². The van der Waals surface area contributed by atoms with Crippen molar-refractivity contribution in [2.24, 2.45) is 0 Å². The smallest absolute Gasteiger partial charge is 0.305 e. The Morgan fingerprint density at radius 3 is 2.04 bits per heavy atom. The number of carbonyl (C=O) groups excluding carboxylic acids is 2. The summed E-state index contributed by atoms with van der Waals surface area (Å²) in [5, 5.41) is 2.90. The summed E-state index contributed by atoms with van der Waals surface area (Å²) in [4.78, 5) is 23.6. The van der Waals surface area contributed by atoms with Crippen LogP contribution in [0.2, 0.25) is 0 Å². The number of carbonyl (C=O) groups is 2. The lowest BCUT2D eigenvalue weighted by atomic mass is 9.88. The Balaban J connectivity index is 1.91. The second-order valence-electron chi connectivity index (χ2n) is 5.84. The van der Waals surface area contributed by atoms with Crippen molar-refractivity contribution < 1.29 is 14.3 Å². The number of amides is 1. The Bertz CT molecular complexity index is 616. The van der Waals surface area contributed by atoms with Crippen LogP contribution in [0.4, 0.5) is 0 Å². The topological polar surface area (TPSA) is 55.4 Å². The lowest BCUT2D eigenvalue weighted by Crippen LogP contribution is -2.26. The molecule has 0 radical (unpaired) electrons. The number of nitrogens with one attached hydrogen (secondary N) is 1. The van der Waals surface area contributed by atoms with Gasteiger partial charge in [0.15, 0.2) is 0 Å². The Morgan fingerprint density at radius 1 is 0.960 bits per heavy atom. The summed E-state index contributed by atoms with van der Waals surface area (Å²) in [6.07, 6.45) is 1.30. The average Bonchev–Trinajstić information content (AvgIpc) is 2.65. The molecule has 0 aromatic heterocycles. The van der Waals surface area contributed by atoms with Crippen molar-refractivity contribution in [3.05, 3.63) is 71.8 Å². The van der Waals surface area contributed by atoms with Crippen LogP contribution in [0.15, 0.2) is 60.7 Å². The first-order valence-electron chi connectivity index (χ1n) is 8.73. The molecule has 0 unspecified atom stereocenters.